The van der Waals surface area contributed by atoms with Crippen LogP contribution in [0.3, 0.4) is 0 Å². The molecular weight excluding hydrogens is 288 g/mol. The van der Waals surface area contributed by atoms with Gasteiger partial charge in [-0.25, -0.2) is 4.79 Å². The molecule has 20 heavy (non-hydrogen) atoms. The summed E-state index contributed by atoms with van der Waals surface area (Å²) in [5, 5.41) is 11.5. The van der Waals surface area contributed by atoms with Gasteiger partial charge < -0.3 is 20.9 Å². The number of carbonyl (C=O) groups excluding carboxylic acids is 2. The van der Waals surface area contributed by atoms with Crippen molar-refractivity contribution in [1.82, 2.24) is 5.32 Å². The van der Waals surface area contributed by atoms with Crippen molar-refractivity contribution in [3.63, 3.8) is 0 Å². The van der Waals surface area contributed by atoms with E-state index in [-0.39, 0.29) is 11.3 Å². The molecule has 4 N–H and O–H groups in total. The third kappa shape index (κ3) is 4.13. The Hall–Kier alpha value is -2.28. The van der Waals surface area contributed by atoms with E-state index in [1.807, 2.05) is 0 Å². The van der Waals surface area contributed by atoms with E-state index in [4.69, 9.17) is 27.2 Å². The number of amides is 2. The van der Waals surface area contributed by atoms with E-state index < -0.39 is 30.2 Å². The predicted molar refractivity (Wildman–Crippen MR) is 70.7 cm³/mol. The minimum Gasteiger partial charge on any atom is -0.496 e. The van der Waals surface area contributed by atoms with Crippen molar-refractivity contribution in [2.75, 3.05) is 7.11 Å². The molecule has 0 aliphatic heterocycles. The molecule has 0 radical (unpaired) electrons. The lowest BCUT2D eigenvalue weighted by atomic mass is 10.1. The standard InChI is InChI=1S/C12H13ClN2O5/c1-20-9-4-6(13)2-3-7(9)11(17)15-8(12(18)19)5-10(14)16/h2-4,8H,5H2,1H3,(H2,14,16)(H,15,17)(H,18,19)/t8-/m1/s1. The second kappa shape index (κ2) is 6.76. The molecule has 1 rings (SSSR count). The number of nitrogens with one attached hydrogen (secondary N) is 1. The molecule has 0 bridgehead atoms. The first-order valence-corrected chi connectivity index (χ1v) is 5.88. The molecule has 1 aromatic rings. The Balaban J connectivity index is 2.94. The Kier molecular flexibility index (Phi) is 5.33. The van der Waals surface area contributed by atoms with Gasteiger partial charge in [0.15, 0.2) is 0 Å². The van der Waals surface area contributed by atoms with Gasteiger partial charge in [-0.3, -0.25) is 9.59 Å². The number of halogens is 1. The van der Waals surface area contributed by atoms with Crippen molar-refractivity contribution in [1.29, 1.82) is 0 Å². The Bertz CT molecular complexity index is 547. The first-order valence-electron chi connectivity index (χ1n) is 5.50. The van der Waals surface area contributed by atoms with Crippen LogP contribution >= 0.6 is 11.6 Å². The highest BCUT2D eigenvalue weighted by atomic mass is 35.5. The maximum Gasteiger partial charge on any atom is 0.326 e. The first kappa shape index (κ1) is 15.8. The quantitative estimate of drug-likeness (QED) is 0.703. The molecule has 0 saturated heterocycles. The lowest BCUT2D eigenvalue weighted by molar-refractivity contribution is -0.140. The van der Waals surface area contributed by atoms with Crippen molar-refractivity contribution in [3.05, 3.63) is 28.8 Å². The number of methoxy groups -OCH3 is 1. The summed E-state index contributed by atoms with van der Waals surface area (Å²) < 4.78 is 4.99. The molecule has 0 aromatic heterocycles. The summed E-state index contributed by atoms with van der Waals surface area (Å²) in [5.74, 6) is -2.70. The molecule has 0 aliphatic carbocycles. The summed E-state index contributed by atoms with van der Waals surface area (Å²) >= 11 is 5.76. The zero-order valence-electron chi connectivity index (χ0n) is 10.6. The second-order valence-electron chi connectivity index (χ2n) is 3.88. The fourth-order valence-corrected chi connectivity index (χ4v) is 1.65. The number of hydrogen-bond donors (Lipinski definition) is 3. The largest absolute Gasteiger partial charge is 0.496 e. The number of carboxylic acid groups (broad SMARTS) is 1. The van der Waals surface area contributed by atoms with Crippen LogP contribution in [0.5, 0.6) is 5.75 Å². The van der Waals surface area contributed by atoms with Crippen LogP contribution in [0.2, 0.25) is 5.02 Å². The van der Waals surface area contributed by atoms with Crippen LogP contribution in [-0.4, -0.2) is 36.0 Å². The molecule has 1 atom stereocenters. The number of hydrogen-bond acceptors (Lipinski definition) is 4. The smallest absolute Gasteiger partial charge is 0.326 e. The number of aliphatic carboxylic acids is 1. The van der Waals surface area contributed by atoms with E-state index in [9.17, 15) is 14.4 Å². The highest BCUT2D eigenvalue weighted by Gasteiger charge is 2.24. The average Bonchev–Trinajstić information content (AvgIpc) is 2.36. The topological polar surface area (TPSA) is 119 Å². The Morgan fingerprint density at radius 3 is 2.60 bits per heavy atom. The fourth-order valence-electron chi connectivity index (χ4n) is 1.49. The maximum absolute atomic E-state index is 12.0. The third-order valence-electron chi connectivity index (χ3n) is 2.42. The van der Waals surface area contributed by atoms with Crippen molar-refractivity contribution >= 4 is 29.4 Å². The van der Waals surface area contributed by atoms with E-state index in [1.165, 1.54) is 25.3 Å². The lowest BCUT2D eigenvalue weighted by Crippen LogP contribution is -2.43. The fraction of sp³-hybridized carbons (Fsp3) is 0.250. The number of ether oxygens (including phenoxy) is 1. The SMILES string of the molecule is COc1cc(Cl)ccc1C(=O)N[C@H](CC(N)=O)C(=O)O. The minimum absolute atomic E-state index is 0.104. The monoisotopic (exact) mass is 300 g/mol. The van der Waals surface area contributed by atoms with E-state index in [1.54, 1.807) is 0 Å². The molecule has 0 saturated carbocycles. The van der Waals surface area contributed by atoms with Crippen molar-refractivity contribution < 1.29 is 24.2 Å². The molecule has 7 nitrogen and oxygen atoms in total. The Labute approximate surface area is 119 Å². The van der Waals surface area contributed by atoms with Gasteiger partial charge >= 0.3 is 5.97 Å². The van der Waals surface area contributed by atoms with Gasteiger partial charge in [0, 0.05) is 5.02 Å². The van der Waals surface area contributed by atoms with Crippen LogP contribution < -0.4 is 15.8 Å². The van der Waals surface area contributed by atoms with Gasteiger partial charge in [-0.1, -0.05) is 11.6 Å². The van der Waals surface area contributed by atoms with Crippen LogP contribution in [0.4, 0.5) is 0 Å². The summed E-state index contributed by atoms with van der Waals surface area (Å²) in [6.07, 6.45) is -0.503. The minimum atomic E-state index is -1.40. The van der Waals surface area contributed by atoms with E-state index in [0.717, 1.165) is 0 Å². The van der Waals surface area contributed by atoms with E-state index in [0.29, 0.717) is 5.02 Å². The van der Waals surface area contributed by atoms with Gasteiger partial charge in [-0.2, -0.15) is 0 Å². The number of carboxylic acids is 1. The molecule has 1 aromatic carbocycles. The number of carbonyl (C=O) groups is 3. The van der Waals surface area contributed by atoms with Gasteiger partial charge in [-0.05, 0) is 18.2 Å². The van der Waals surface area contributed by atoms with Gasteiger partial charge in [0.1, 0.15) is 11.8 Å². The van der Waals surface area contributed by atoms with Crippen LogP contribution in [0, 0.1) is 0 Å². The molecule has 2 amide bonds. The highest BCUT2D eigenvalue weighted by Crippen LogP contribution is 2.23. The predicted octanol–water partition coefficient (Wildman–Crippen LogP) is 0.407. The summed E-state index contributed by atoms with van der Waals surface area (Å²) in [5.41, 5.74) is 5.03. The van der Waals surface area contributed by atoms with E-state index >= 15 is 0 Å². The highest BCUT2D eigenvalue weighted by molar-refractivity contribution is 6.30. The van der Waals surface area contributed by atoms with Crippen LogP contribution in [-0.2, 0) is 9.59 Å². The third-order valence-corrected chi connectivity index (χ3v) is 2.65. The van der Waals surface area contributed by atoms with Gasteiger partial charge in [0.2, 0.25) is 5.91 Å². The zero-order valence-corrected chi connectivity index (χ0v) is 11.3. The second-order valence-corrected chi connectivity index (χ2v) is 4.32. The molecule has 0 spiro atoms. The number of rotatable bonds is 6. The van der Waals surface area contributed by atoms with Crippen LogP contribution in [0.1, 0.15) is 16.8 Å². The van der Waals surface area contributed by atoms with E-state index in [2.05, 4.69) is 5.32 Å². The molecule has 0 heterocycles. The van der Waals surface area contributed by atoms with Gasteiger partial charge in [-0.15, -0.1) is 0 Å². The number of primary amides is 1. The molecule has 0 unspecified atom stereocenters. The lowest BCUT2D eigenvalue weighted by Gasteiger charge is -2.14. The van der Waals surface area contributed by atoms with Crippen LogP contribution in [0.25, 0.3) is 0 Å². The molecule has 8 heteroatoms. The molecular formula is C12H13ClN2O5. The normalized spacial score (nSPS) is 11.5. The van der Waals surface area contributed by atoms with Gasteiger partial charge in [0.25, 0.3) is 5.91 Å². The summed E-state index contributed by atoms with van der Waals surface area (Å²) in [4.78, 5) is 33.7. The van der Waals surface area contributed by atoms with Crippen LogP contribution in [0.15, 0.2) is 18.2 Å². The summed E-state index contributed by atoms with van der Waals surface area (Å²) in [6, 6.07) is 2.86. The molecule has 0 aliphatic rings. The molecule has 0 fully saturated rings. The first-order chi connectivity index (χ1) is 9.35. The van der Waals surface area contributed by atoms with Crippen molar-refractivity contribution in [3.8, 4) is 5.75 Å². The summed E-state index contributed by atoms with van der Waals surface area (Å²) in [6.45, 7) is 0. The van der Waals surface area contributed by atoms with Crippen molar-refractivity contribution in [2.24, 2.45) is 5.73 Å². The number of nitrogens with two attached hydrogens (primary N) is 1. The molecule has 108 valence electrons. The number of benzene rings is 1. The zero-order chi connectivity index (χ0) is 15.3. The maximum atomic E-state index is 12.0. The Morgan fingerprint density at radius 1 is 1.45 bits per heavy atom. The van der Waals surface area contributed by atoms with Gasteiger partial charge in [0.05, 0.1) is 19.1 Å². The average molecular weight is 301 g/mol. The van der Waals surface area contributed by atoms with Crippen molar-refractivity contribution in [2.45, 2.75) is 12.5 Å². The Morgan fingerprint density at radius 2 is 2.10 bits per heavy atom. The summed E-state index contributed by atoms with van der Waals surface area (Å²) in [7, 11) is 1.35.